The molecule has 0 heterocycles. The summed E-state index contributed by atoms with van der Waals surface area (Å²) in [6.45, 7) is 5.72. The van der Waals surface area contributed by atoms with E-state index < -0.39 is 0 Å². The summed E-state index contributed by atoms with van der Waals surface area (Å²) in [5.74, 6) is 1.16. The maximum Gasteiger partial charge on any atom is 0.170 e. The van der Waals surface area contributed by atoms with Crippen LogP contribution in [0.4, 0.5) is 0 Å². The lowest BCUT2D eigenvalue weighted by atomic mass is 9.99. The summed E-state index contributed by atoms with van der Waals surface area (Å²) < 4.78 is 10.3. The molecule has 0 spiro atoms. The van der Waals surface area contributed by atoms with Crippen LogP contribution in [0.3, 0.4) is 0 Å². The number of methoxy groups -OCH3 is 2. The normalized spacial score (nSPS) is 10.3. The molecule has 0 bridgehead atoms. The zero-order chi connectivity index (χ0) is 12.1. The predicted octanol–water partition coefficient (Wildman–Crippen LogP) is 2.75. The zero-order valence-corrected chi connectivity index (χ0v) is 9.95. The van der Waals surface area contributed by atoms with Crippen LogP contribution >= 0.6 is 0 Å². The van der Waals surface area contributed by atoms with Crippen molar-refractivity contribution >= 4 is 5.78 Å². The van der Waals surface area contributed by atoms with Crippen LogP contribution in [0, 0.1) is 12.8 Å². The van der Waals surface area contributed by atoms with Crippen molar-refractivity contribution in [3.8, 4) is 11.5 Å². The molecule has 1 unspecified atom stereocenters. The van der Waals surface area contributed by atoms with Gasteiger partial charge < -0.3 is 9.47 Å². The summed E-state index contributed by atoms with van der Waals surface area (Å²) in [5, 5.41) is 0. The summed E-state index contributed by atoms with van der Waals surface area (Å²) in [6, 6.07) is 5.30. The Labute approximate surface area is 96.4 Å². The van der Waals surface area contributed by atoms with Crippen molar-refractivity contribution in [2.75, 3.05) is 14.2 Å². The van der Waals surface area contributed by atoms with Crippen LogP contribution < -0.4 is 9.47 Å². The molecule has 1 atom stereocenters. The molecule has 0 amide bonds. The van der Waals surface area contributed by atoms with Crippen molar-refractivity contribution in [3.63, 3.8) is 0 Å². The van der Waals surface area contributed by atoms with E-state index in [-0.39, 0.29) is 11.7 Å². The van der Waals surface area contributed by atoms with Gasteiger partial charge in [0, 0.05) is 6.42 Å². The van der Waals surface area contributed by atoms with Crippen molar-refractivity contribution in [1.82, 2.24) is 0 Å². The summed E-state index contributed by atoms with van der Waals surface area (Å²) in [4.78, 5) is 12.0. The highest BCUT2D eigenvalue weighted by molar-refractivity contribution is 6.01. The number of ether oxygens (including phenoxy) is 2. The molecule has 0 N–H and O–H groups in total. The Hall–Kier alpha value is -1.51. The Morgan fingerprint density at radius 1 is 1.31 bits per heavy atom. The van der Waals surface area contributed by atoms with Gasteiger partial charge in [0.2, 0.25) is 0 Å². The van der Waals surface area contributed by atoms with Crippen LogP contribution in [0.15, 0.2) is 18.2 Å². The first kappa shape index (κ1) is 12.6. The first-order valence-electron chi connectivity index (χ1n) is 5.17. The summed E-state index contributed by atoms with van der Waals surface area (Å²) in [5.41, 5.74) is 0.503. The molecule has 3 heteroatoms. The van der Waals surface area contributed by atoms with Crippen molar-refractivity contribution in [2.45, 2.75) is 13.3 Å². The topological polar surface area (TPSA) is 35.5 Å². The molecule has 3 nitrogen and oxygen atoms in total. The molecule has 16 heavy (non-hydrogen) atoms. The average molecular weight is 221 g/mol. The Bertz CT molecular complexity index is 347. The first-order chi connectivity index (χ1) is 7.60. The molecule has 0 aliphatic heterocycles. The van der Waals surface area contributed by atoms with Crippen LogP contribution in [0.25, 0.3) is 0 Å². The highest BCUT2D eigenvalue weighted by Gasteiger charge is 2.18. The average Bonchev–Trinajstić information content (AvgIpc) is 2.26. The molecule has 1 rings (SSSR count). The molecule has 87 valence electrons. The minimum absolute atomic E-state index is 0.00296. The third-order valence-corrected chi connectivity index (χ3v) is 2.24. The molecule has 0 saturated carbocycles. The Morgan fingerprint density at radius 2 is 1.81 bits per heavy atom. The lowest BCUT2D eigenvalue weighted by Gasteiger charge is -2.12. The second-order valence-electron chi connectivity index (χ2n) is 3.77. The van der Waals surface area contributed by atoms with Crippen LogP contribution in [0.2, 0.25) is 0 Å². The SMILES string of the molecule is [CH2]C(C)CC(=O)c1c(OC)cccc1OC. The fourth-order valence-corrected chi connectivity index (χ4v) is 1.54. The minimum Gasteiger partial charge on any atom is -0.496 e. The van der Waals surface area contributed by atoms with Gasteiger partial charge in [0.1, 0.15) is 17.1 Å². The largest absolute Gasteiger partial charge is 0.496 e. The van der Waals surface area contributed by atoms with Gasteiger partial charge in [-0.3, -0.25) is 4.79 Å². The van der Waals surface area contributed by atoms with Gasteiger partial charge in [-0.25, -0.2) is 0 Å². The lowest BCUT2D eigenvalue weighted by Crippen LogP contribution is -2.07. The predicted molar refractivity (Wildman–Crippen MR) is 63.0 cm³/mol. The van der Waals surface area contributed by atoms with Crippen molar-refractivity contribution in [1.29, 1.82) is 0 Å². The summed E-state index contributed by atoms with van der Waals surface area (Å²) >= 11 is 0. The van der Waals surface area contributed by atoms with Crippen LogP contribution in [0.5, 0.6) is 11.5 Å². The number of carbonyl (C=O) groups excluding carboxylic acids is 1. The Morgan fingerprint density at radius 3 is 2.19 bits per heavy atom. The maximum atomic E-state index is 12.0. The molecule has 0 saturated heterocycles. The van der Waals surface area contributed by atoms with Gasteiger partial charge in [0.15, 0.2) is 5.78 Å². The monoisotopic (exact) mass is 221 g/mol. The molecule has 1 aromatic rings. The van der Waals surface area contributed by atoms with E-state index in [1.54, 1.807) is 32.4 Å². The smallest absolute Gasteiger partial charge is 0.170 e. The van der Waals surface area contributed by atoms with Gasteiger partial charge in [-0.1, -0.05) is 19.9 Å². The van der Waals surface area contributed by atoms with Crippen molar-refractivity contribution in [3.05, 3.63) is 30.7 Å². The zero-order valence-electron chi connectivity index (χ0n) is 9.95. The quantitative estimate of drug-likeness (QED) is 0.717. The van der Waals surface area contributed by atoms with Gasteiger partial charge in [0.05, 0.1) is 14.2 Å². The summed E-state index contributed by atoms with van der Waals surface area (Å²) in [6.07, 6.45) is 0.386. The minimum atomic E-state index is -0.00296. The maximum absolute atomic E-state index is 12.0. The first-order valence-corrected chi connectivity index (χ1v) is 5.17. The van der Waals surface area contributed by atoms with E-state index in [1.807, 2.05) is 6.92 Å². The summed E-state index contributed by atoms with van der Waals surface area (Å²) in [7, 11) is 3.08. The fraction of sp³-hybridized carbons (Fsp3) is 0.385. The van der Waals surface area contributed by atoms with Crippen LogP contribution in [-0.4, -0.2) is 20.0 Å². The second-order valence-corrected chi connectivity index (χ2v) is 3.77. The third-order valence-electron chi connectivity index (χ3n) is 2.24. The Kier molecular flexibility index (Phi) is 4.35. The van der Waals surface area contributed by atoms with Gasteiger partial charge in [-0.15, -0.1) is 0 Å². The highest BCUT2D eigenvalue weighted by Crippen LogP contribution is 2.30. The highest BCUT2D eigenvalue weighted by atomic mass is 16.5. The number of carbonyl (C=O) groups is 1. The van der Waals surface area contributed by atoms with Gasteiger partial charge >= 0.3 is 0 Å². The molecule has 0 aliphatic rings. The van der Waals surface area contributed by atoms with E-state index >= 15 is 0 Å². The van der Waals surface area contributed by atoms with E-state index in [4.69, 9.17) is 9.47 Å². The number of Topliss-reactive ketones (excluding diaryl/α,β-unsaturated/α-hetero) is 1. The molecule has 0 aliphatic carbocycles. The fourth-order valence-electron chi connectivity index (χ4n) is 1.54. The number of hydrogen-bond donors (Lipinski definition) is 0. The number of hydrogen-bond acceptors (Lipinski definition) is 3. The van der Waals surface area contributed by atoms with Crippen LogP contribution in [-0.2, 0) is 0 Å². The molecular weight excluding hydrogens is 204 g/mol. The van der Waals surface area contributed by atoms with Gasteiger partial charge in [-0.05, 0) is 18.1 Å². The lowest BCUT2D eigenvalue weighted by molar-refractivity contribution is 0.0965. The molecule has 0 aromatic heterocycles. The number of rotatable bonds is 5. The van der Waals surface area contributed by atoms with E-state index in [9.17, 15) is 4.79 Å². The van der Waals surface area contributed by atoms with E-state index in [2.05, 4.69) is 6.92 Å². The second kappa shape index (κ2) is 5.54. The van der Waals surface area contributed by atoms with Gasteiger partial charge in [-0.2, -0.15) is 0 Å². The standard InChI is InChI=1S/C13H17O3/c1-9(2)8-10(14)13-11(15-3)6-5-7-12(13)16-4/h5-7,9H,1,8H2,2-4H3. The van der Waals surface area contributed by atoms with E-state index in [1.165, 1.54) is 0 Å². The van der Waals surface area contributed by atoms with Crippen molar-refractivity contribution in [2.24, 2.45) is 5.92 Å². The molecule has 1 radical (unpaired) electrons. The van der Waals surface area contributed by atoms with E-state index in [0.717, 1.165) is 0 Å². The van der Waals surface area contributed by atoms with E-state index in [0.29, 0.717) is 23.5 Å². The number of ketones is 1. The van der Waals surface area contributed by atoms with Crippen LogP contribution in [0.1, 0.15) is 23.7 Å². The molecular formula is C13H17O3. The third kappa shape index (κ3) is 2.75. The molecule has 1 aromatic carbocycles. The van der Waals surface area contributed by atoms with Crippen molar-refractivity contribution < 1.29 is 14.3 Å². The van der Waals surface area contributed by atoms with Gasteiger partial charge in [0.25, 0.3) is 0 Å². The number of benzene rings is 1. The Balaban J connectivity index is 3.12. The molecule has 0 fully saturated rings.